The average molecular weight is 1170 g/mol. The third-order valence-corrected chi connectivity index (χ3v) is 51.7. The van der Waals surface area contributed by atoms with E-state index in [1.54, 1.807) is 0 Å². The molecule has 0 aromatic rings. The molecule has 376 valence electrons. The second kappa shape index (κ2) is 24.6. The summed E-state index contributed by atoms with van der Waals surface area (Å²) in [6.45, 7) is 57.4. The lowest BCUT2D eigenvalue weighted by Crippen LogP contribution is -2.73. The summed E-state index contributed by atoms with van der Waals surface area (Å²) in [4.78, 5) is 16.4. The Morgan fingerprint density at radius 3 is 0.825 bits per heavy atom. The fourth-order valence-electron chi connectivity index (χ4n) is 5.29. The van der Waals surface area contributed by atoms with E-state index in [9.17, 15) is 0 Å². The molecule has 0 aliphatic carbocycles. The SMILES string of the molecule is C[Si](C)(C)O[SiH2]O[Si](O[Si](C)(C)C)(O[Si](C)(C)C)C(C(=O)OCCC[SiH3])=C([Si](O[SiH2]O[Si](C)(C)C)(O[Si](C)(C)C)O[Si](C)(C)C)[Si](O[SiH2]O[Si](C)(C)C)(O[Si](C)(C)C)O[Si](C)(C)C. The van der Waals surface area contributed by atoms with Gasteiger partial charge >= 0.3 is 32.4 Å². The smallest absolute Gasteiger partial charge is 0.462 e. The Balaban J connectivity index is 10.5. The largest absolute Gasteiger partial charge is 0.514 e. The van der Waals surface area contributed by atoms with Crippen LogP contribution in [0.5, 0.6) is 0 Å². The van der Waals surface area contributed by atoms with Crippen LogP contribution >= 0.6 is 0 Å². The maximum Gasteiger partial charge on any atom is 0.514 e. The molecule has 0 aromatic heterocycles. The molecule has 0 atom stereocenters. The fraction of sp³-hybridized carbons (Fsp3) is 0.909. The summed E-state index contributed by atoms with van der Waals surface area (Å²) < 4.78 is 94.8. The molecule has 0 saturated heterocycles. The molecule has 0 fully saturated rings. The standard InChI is InChI=1S/C33H96O14Si16/c1-52(2,3)36-49-39-61(42-55(10,11)12,43-56(13,14)15)31(32(34)35-29-28-30-48)33(62(44-57(16,17)18,45-58(19,20)21)40-50-37-53(4,5)6)63(46-59(22,23)24,47-60(25,26)27)41-51-38-54(7,8)9/h28-30,49-51H2,1-27,48H3. The number of carbonyl (C=O) groups excluding carboxylic acids is 1. The van der Waals surface area contributed by atoms with Gasteiger partial charge in [0.1, 0.15) is 5.20 Å². The lowest BCUT2D eigenvalue weighted by molar-refractivity contribution is -0.138. The van der Waals surface area contributed by atoms with Crippen molar-refractivity contribution >= 4 is 148 Å². The summed E-state index contributed by atoms with van der Waals surface area (Å²) >= 11 is 0. The van der Waals surface area contributed by atoms with E-state index in [1.165, 1.54) is 0 Å². The van der Waals surface area contributed by atoms with Gasteiger partial charge in [-0.25, -0.2) is 4.79 Å². The van der Waals surface area contributed by atoms with Gasteiger partial charge in [-0.15, -0.1) is 0 Å². The third-order valence-electron chi connectivity index (χ3n) is 6.97. The molecule has 0 unspecified atom stereocenters. The van der Waals surface area contributed by atoms with Crippen LogP contribution in [0.15, 0.2) is 10.0 Å². The summed E-state index contributed by atoms with van der Waals surface area (Å²) in [5, 5.41) is 0.0858. The van der Waals surface area contributed by atoms with Gasteiger partial charge in [0.25, 0.3) is 30.0 Å². The van der Waals surface area contributed by atoms with Crippen molar-refractivity contribution in [2.24, 2.45) is 0 Å². The van der Waals surface area contributed by atoms with Gasteiger partial charge in [-0.05, 0) is 183 Å². The summed E-state index contributed by atoms with van der Waals surface area (Å²) in [7, 11) is -41.1. The summed E-state index contributed by atoms with van der Waals surface area (Å²) in [5.41, 5.74) is 0. The highest BCUT2D eigenvalue weighted by Crippen LogP contribution is 2.44. The predicted octanol–water partition coefficient (Wildman–Crippen LogP) is 7.14. The molecule has 0 spiro atoms. The predicted molar refractivity (Wildman–Crippen MR) is 303 cm³/mol. The Kier molecular flexibility index (Phi) is 25.4. The first-order valence-electron chi connectivity index (χ1n) is 22.6. The molecular weight excluding hydrogens is 1070 g/mol. The van der Waals surface area contributed by atoms with E-state index < -0.39 is 137 Å². The van der Waals surface area contributed by atoms with Crippen LogP contribution in [-0.4, -0.2) is 154 Å². The normalized spacial score (nSPS) is 15.5. The highest BCUT2D eigenvalue weighted by molar-refractivity contribution is 7.07. The minimum absolute atomic E-state index is 0.0858. The molecule has 0 aliphatic heterocycles. The van der Waals surface area contributed by atoms with Crippen LogP contribution in [0.25, 0.3) is 0 Å². The number of hydrogen-bond acceptors (Lipinski definition) is 14. The number of carbonyl (C=O) groups is 1. The third kappa shape index (κ3) is 28.6. The van der Waals surface area contributed by atoms with Crippen molar-refractivity contribution in [1.29, 1.82) is 0 Å². The van der Waals surface area contributed by atoms with Crippen LogP contribution in [0, 0.1) is 0 Å². The summed E-state index contributed by atoms with van der Waals surface area (Å²) in [6.07, 6.45) is 0.701. The first-order chi connectivity index (χ1) is 27.6. The first kappa shape index (κ1) is 65.2. The monoisotopic (exact) mass is 1160 g/mol. The van der Waals surface area contributed by atoms with Gasteiger partial charge in [-0.2, -0.15) is 0 Å². The highest BCUT2D eigenvalue weighted by Gasteiger charge is 2.71. The van der Waals surface area contributed by atoms with Crippen molar-refractivity contribution in [2.75, 3.05) is 6.61 Å². The van der Waals surface area contributed by atoms with E-state index in [0.717, 1.165) is 16.3 Å². The zero-order chi connectivity index (χ0) is 50.2. The van der Waals surface area contributed by atoms with Crippen LogP contribution in [0.3, 0.4) is 0 Å². The van der Waals surface area contributed by atoms with Gasteiger partial charge in [-0.1, -0.05) is 6.04 Å². The molecular formula is C33H96O14Si16. The average Bonchev–Trinajstić information content (AvgIpc) is 2.92. The van der Waals surface area contributed by atoms with E-state index in [-0.39, 0.29) is 11.8 Å². The van der Waals surface area contributed by atoms with Crippen molar-refractivity contribution in [3.63, 3.8) is 0 Å². The van der Waals surface area contributed by atoms with Crippen molar-refractivity contribution in [3.8, 4) is 0 Å². The second-order valence-electron chi connectivity index (χ2n) is 24.8. The maximum absolute atomic E-state index is 16.1. The van der Waals surface area contributed by atoms with Gasteiger partial charge in [0.2, 0.25) is 0 Å². The van der Waals surface area contributed by atoms with Gasteiger partial charge < -0.3 is 54.1 Å². The zero-order valence-electron chi connectivity index (χ0n) is 45.5. The van der Waals surface area contributed by atoms with Crippen molar-refractivity contribution in [3.05, 3.63) is 10.0 Å². The summed E-state index contributed by atoms with van der Waals surface area (Å²) in [6, 6.07) is 0.948. The van der Waals surface area contributed by atoms with Crippen molar-refractivity contribution in [1.82, 2.24) is 0 Å². The lowest BCUT2D eigenvalue weighted by Gasteiger charge is -2.50. The number of esters is 1. The van der Waals surface area contributed by atoms with E-state index in [4.69, 9.17) is 54.1 Å². The molecule has 0 bridgehead atoms. The fourth-order valence-corrected chi connectivity index (χ4v) is 51.6. The van der Waals surface area contributed by atoms with Gasteiger partial charge in [0, 0.05) is 10.2 Å². The first-order valence-corrected chi connectivity index (χ1v) is 63.3. The molecule has 14 nitrogen and oxygen atoms in total. The maximum atomic E-state index is 16.1. The Bertz CT molecular complexity index is 1340. The Morgan fingerprint density at radius 1 is 0.365 bits per heavy atom. The minimum atomic E-state index is -4.55. The topological polar surface area (TPSA) is 137 Å². The molecule has 0 amide bonds. The van der Waals surface area contributed by atoms with E-state index >= 15 is 4.79 Å². The number of rotatable bonds is 31. The van der Waals surface area contributed by atoms with Crippen LogP contribution < -0.4 is 0 Å². The molecule has 0 N–H and O–H groups in total. The number of hydrogen-bond donors (Lipinski definition) is 0. The van der Waals surface area contributed by atoms with Crippen molar-refractivity contribution in [2.45, 2.75) is 189 Å². The van der Waals surface area contributed by atoms with Crippen LogP contribution in [0.4, 0.5) is 0 Å². The van der Waals surface area contributed by atoms with Crippen LogP contribution in [0.1, 0.15) is 6.42 Å². The summed E-state index contributed by atoms with van der Waals surface area (Å²) in [5.74, 6) is -0.636. The molecule has 0 rings (SSSR count). The lowest BCUT2D eigenvalue weighted by atomic mass is 10.5. The molecule has 0 radical (unpaired) electrons. The molecule has 0 aromatic carbocycles. The molecule has 0 aliphatic rings. The van der Waals surface area contributed by atoms with Crippen molar-refractivity contribution < 1.29 is 58.9 Å². The van der Waals surface area contributed by atoms with Crippen LogP contribution in [-0.2, 0) is 58.9 Å². The quantitative estimate of drug-likeness (QED) is 0.0301. The van der Waals surface area contributed by atoms with E-state index in [0.29, 0.717) is 11.2 Å². The van der Waals surface area contributed by atoms with E-state index in [1.807, 2.05) is 0 Å². The molecule has 63 heavy (non-hydrogen) atoms. The molecule has 0 saturated carbocycles. The number of ether oxygens (including phenoxy) is 1. The zero-order valence-corrected chi connectivity index (χ0v) is 63.7. The van der Waals surface area contributed by atoms with Gasteiger partial charge in [-0.3, -0.25) is 0 Å². The minimum Gasteiger partial charge on any atom is -0.462 e. The van der Waals surface area contributed by atoms with Crippen LogP contribution in [0.2, 0.25) is 183 Å². The molecule has 0 heterocycles. The van der Waals surface area contributed by atoms with E-state index in [2.05, 4.69) is 177 Å². The molecule has 30 heteroatoms. The highest BCUT2D eigenvalue weighted by atomic mass is 28.5. The van der Waals surface area contributed by atoms with Gasteiger partial charge in [0.15, 0.2) is 74.9 Å². The second-order valence-corrected chi connectivity index (χ2v) is 81.6. The Labute approximate surface area is 409 Å². The Hall–Kier alpha value is 2.20. The Morgan fingerprint density at radius 2 is 0.603 bits per heavy atom. The van der Waals surface area contributed by atoms with Gasteiger partial charge in [0.05, 0.1) is 11.4 Å².